The van der Waals surface area contributed by atoms with Crippen molar-refractivity contribution in [3.63, 3.8) is 0 Å². The van der Waals surface area contributed by atoms with Gasteiger partial charge in [-0.25, -0.2) is 0 Å². The van der Waals surface area contributed by atoms with Gasteiger partial charge in [-0.05, 0) is 38.1 Å². The Balaban J connectivity index is 2.22. The van der Waals surface area contributed by atoms with Crippen LogP contribution in [-0.4, -0.2) is 19.1 Å². The molecule has 0 fully saturated rings. The average Bonchev–Trinajstić information content (AvgIpc) is 2.50. The smallest absolute Gasteiger partial charge is 0.257 e. The van der Waals surface area contributed by atoms with E-state index in [0.29, 0.717) is 23.6 Å². The van der Waals surface area contributed by atoms with Gasteiger partial charge in [-0.1, -0.05) is 24.3 Å². The zero-order chi connectivity index (χ0) is 15.1. The van der Waals surface area contributed by atoms with Crippen LogP contribution in [0.15, 0.2) is 48.5 Å². The molecule has 1 amide bonds. The van der Waals surface area contributed by atoms with Crippen LogP contribution in [0.2, 0.25) is 0 Å². The molecule has 0 heterocycles. The van der Waals surface area contributed by atoms with Gasteiger partial charge in [-0.15, -0.1) is 0 Å². The van der Waals surface area contributed by atoms with Crippen molar-refractivity contribution in [3.05, 3.63) is 54.1 Å². The van der Waals surface area contributed by atoms with E-state index in [1.165, 1.54) is 0 Å². The van der Waals surface area contributed by atoms with Gasteiger partial charge in [0, 0.05) is 12.2 Å². The maximum Gasteiger partial charge on any atom is 0.257 e. The first kappa shape index (κ1) is 14.9. The van der Waals surface area contributed by atoms with E-state index >= 15 is 0 Å². The van der Waals surface area contributed by atoms with Gasteiger partial charge in [0.2, 0.25) is 0 Å². The Morgan fingerprint density at radius 3 is 2.38 bits per heavy atom. The molecule has 4 nitrogen and oxygen atoms in total. The van der Waals surface area contributed by atoms with Gasteiger partial charge < -0.3 is 15.4 Å². The van der Waals surface area contributed by atoms with E-state index in [2.05, 4.69) is 10.6 Å². The van der Waals surface area contributed by atoms with E-state index in [1.54, 1.807) is 6.07 Å². The number of benzene rings is 2. The molecule has 0 saturated heterocycles. The second-order valence-electron chi connectivity index (χ2n) is 4.46. The molecule has 2 N–H and O–H groups in total. The van der Waals surface area contributed by atoms with Crippen LogP contribution in [-0.2, 0) is 0 Å². The van der Waals surface area contributed by atoms with Crippen molar-refractivity contribution in [1.29, 1.82) is 0 Å². The molecule has 0 unspecified atom stereocenters. The van der Waals surface area contributed by atoms with Gasteiger partial charge in [0.15, 0.2) is 0 Å². The van der Waals surface area contributed by atoms with Gasteiger partial charge in [0.1, 0.15) is 5.75 Å². The van der Waals surface area contributed by atoms with E-state index in [9.17, 15) is 4.79 Å². The number of carbonyl (C=O) groups excluding carboxylic acids is 1. The van der Waals surface area contributed by atoms with Gasteiger partial charge in [-0.3, -0.25) is 4.79 Å². The molecule has 0 spiro atoms. The van der Waals surface area contributed by atoms with E-state index in [-0.39, 0.29) is 5.91 Å². The number of carbonyl (C=O) groups is 1. The summed E-state index contributed by atoms with van der Waals surface area (Å²) < 4.78 is 5.52. The molecule has 0 aromatic heterocycles. The topological polar surface area (TPSA) is 50.4 Å². The first-order chi connectivity index (χ1) is 10.3. The van der Waals surface area contributed by atoms with Crippen LogP contribution in [0, 0.1) is 0 Å². The average molecular weight is 284 g/mol. The van der Waals surface area contributed by atoms with Crippen molar-refractivity contribution in [3.8, 4) is 5.75 Å². The standard InChI is InChI=1S/C17H20N2O2/c1-3-18-14-10-6-5-9-13(14)17(20)19-15-11-7-8-12-16(15)21-4-2/h5-12,18H,3-4H2,1-2H3,(H,19,20). The molecule has 0 bridgehead atoms. The number of para-hydroxylation sites is 3. The van der Waals surface area contributed by atoms with Crippen molar-refractivity contribution >= 4 is 17.3 Å². The number of hydrogen-bond donors (Lipinski definition) is 2. The number of ether oxygens (including phenoxy) is 1. The van der Waals surface area contributed by atoms with Gasteiger partial charge in [0.25, 0.3) is 5.91 Å². The van der Waals surface area contributed by atoms with Crippen LogP contribution in [0.3, 0.4) is 0 Å². The second-order valence-corrected chi connectivity index (χ2v) is 4.46. The summed E-state index contributed by atoms with van der Waals surface area (Å²) in [5.74, 6) is 0.521. The lowest BCUT2D eigenvalue weighted by Gasteiger charge is -2.13. The molecule has 0 radical (unpaired) electrons. The highest BCUT2D eigenvalue weighted by molar-refractivity contribution is 6.08. The van der Waals surface area contributed by atoms with Crippen LogP contribution in [0.1, 0.15) is 24.2 Å². The number of amides is 1. The summed E-state index contributed by atoms with van der Waals surface area (Å²) in [6, 6.07) is 14.9. The Kier molecular flexibility index (Phi) is 5.21. The van der Waals surface area contributed by atoms with Crippen LogP contribution in [0.4, 0.5) is 11.4 Å². The number of anilines is 2. The van der Waals surface area contributed by atoms with Gasteiger partial charge >= 0.3 is 0 Å². The highest BCUT2D eigenvalue weighted by Gasteiger charge is 2.12. The van der Waals surface area contributed by atoms with Crippen molar-refractivity contribution in [2.45, 2.75) is 13.8 Å². The maximum absolute atomic E-state index is 12.5. The molecule has 2 aromatic rings. The van der Waals surface area contributed by atoms with Crippen LogP contribution in [0.5, 0.6) is 5.75 Å². The SMILES string of the molecule is CCNc1ccccc1C(=O)Nc1ccccc1OCC. The van der Waals surface area contributed by atoms with E-state index in [0.717, 1.165) is 12.2 Å². The minimum absolute atomic E-state index is 0.154. The molecule has 0 aliphatic heterocycles. The van der Waals surface area contributed by atoms with E-state index in [4.69, 9.17) is 4.74 Å². The summed E-state index contributed by atoms with van der Waals surface area (Å²) in [4.78, 5) is 12.5. The second kappa shape index (κ2) is 7.33. The normalized spacial score (nSPS) is 10.0. The third-order valence-corrected chi connectivity index (χ3v) is 2.97. The third kappa shape index (κ3) is 3.75. The lowest BCUT2D eigenvalue weighted by atomic mass is 10.1. The molecular weight excluding hydrogens is 264 g/mol. The lowest BCUT2D eigenvalue weighted by Crippen LogP contribution is -2.15. The van der Waals surface area contributed by atoms with Crippen molar-refractivity contribution in [2.24, 2.45) is 0 Å². The van der Waals surface area contributed by atoms with Crippen LogP contribution >= 0.6 is 0 Å². The summed E-state index contributed by atoms with van der Waals surface area (Å²) in [6.07, 6.45) is 0. The molecule has 0 aliphatic carbocycles. The molecule has 2 rings (SSSR count). The highest BCUT2D eigenvalue weighted by atomic mass is 16.5. The molecule has 4 heteroatoms. The zero-order valence-corrected chi connectivity index (χ0v) is 12.3. The van der Waals surface area contributed by atoms with Crippen LogP contribution < -0.4 is 15.4 Å². The Morgan fingerprint density at radius 2 is 1.67 bits per heavy atom. The Hall–Kier alpha value is -2.49. The molecule has 21 heavy (non-hydrogen) atoms. The van der Waals surface area contributed by atoms with E-state index in [1.807, 2.05) is 56.3 Å². The maximum atomic E-state index is 12.5. The minimum Gasteiger partial charge on any atom is -0.492 e. The molecule has 110 valence electrons. The molecule has 0 saturated carbocycles. The monoisotopic (exact) mass is 284 g/mol. The molecular formula is C17H20N2O2. The lowest BCUT2D eigenvalue weighted by molar-refractivity contribution is 0.102. The largest absolute Gasteiger partial charge is 0.492 e. The fourth-order valence-electron chi connectivity index (χ4n) is 2.07. The first-order valence-electron chi connectivity index (χ1n) is 7.12. The van der Waals surface area contributed by atoms with Gasteiger partial charge in [-0.2, -0.15) is 0 Å². The van der Waals surface area contributed by atoms with Crippen molar-refractivity contribution < 1.29 is 9.53 Å². The third-order valence-electron chi connectivity index (χ3n) is 2.97. The number of nitrogens with one attached hydrogen (secondary N) is 2. The fraction of sp³-hybridized carbons (Fsp3) is 0.235. The number of rotatable bonds is 6. The first-order valence-corrected chi connectivity index (χ1v) is 7.12. The molecule has 2 aromatic carbocycles. The quantitative estimate of drug-likeness (QED) is 0.849. The molecule has 0 aliphatic rings. The van der Waals surface area contributed by atoms with E-state index < -0.39 is 0 Å². The predicted octanol–water partition coefficient (Wildman–Crippen LogP) is 3.77. The summed E-state index contributed by atoms with van der Waals surface area (Å²) in [6.45, 7) is 5.23. The predicted molar refractivity (Wildman–Crippen MR) is 86.2 cm³/mol. The fourth-order valence-corrected chi connectivity index (χ4v) is 2.07. The summed E-state index contributed by atoms with van der Waals surface area (Å²) in [7, 11) is 0. The molecule has 0 atom stereocenters. The minimum atomic E-state index is -0.154. The summed E-state index contributed by atoms with van der Waals surface area (Å²) >= 11 is 0. The van der Waals surface area contributed by atoms with Crippen LogP contribution in [0.25, 0.3) is 0 Å². The van der Waals surface area contributed by atoms with Crippen molar-refractivity contribution in [2.75, 3.05) is 23.8 Å². The highest BCUT2D eigenvalue weighted by Crippen LogP contribution is 2.25. The zero-order valence-electron chi connectivity index (χ0n) is 12.3. The number of hydrogen-bond acceptors (Lipinski definition) is 3. The summed E-state index contributed by atoms with van der Waals surface area (Å²) in [5.41, 5.74) is 2.12. The Labute approximate surface area is 125 Å². The summed E-state index contributed by atoms with van der Waals surface area (Å²) in [5, 5.41) is 6.10. The van der Waals surface area contributed by atoms with Crippen molar-refractivity contribution in [1.82, 2.24) is 0 Å². The Bertz CT molecular complexity index is 611. The Morgan fingerprint density at radius 1 is 1.00 bits per heavy atom. The van der Waals surface area contributed by atoms with Gasteiger partial charge in [0.05, 0.1) is 17.9 Å².